The number of carbonyl (C=O) groups is 2. The molecule has 0 aromatic heterocycles. The van der Waals surface area contributed by atoms with Gasteiger partial charge in [0.25, 0.3) is 0 Å². The van der Waals surface area contributed by atoms with Crippen LogP contribution in [0.15, 0.2) is 24.3 Å². The number of benzene rings is 1. The van der Waals surface area contributed by atoms with Gasteiger partial charge in [-0.05, 0) is 0 Å². The van der Waals surface area contributed by atoms with Crippen LogP contribution in [-0.4, -0.2) is 21.8 Å². The third-order valence-corrected chi connectivity index (χ3v) is 2.68. The van der Waals surface area contributed by atoms with Gasteiger partial charge in [-0.15, -0.1) is 0 Å². The summed E-state index contributed by atoms with van der Waals surface area (Å²) in [6.07, 6.45) is 0. The molecule has 0 fully saturated rings. The Labute approximate surface area is 91.6 Å². The molecule has 0 bridgehead atoms. The predicted octanol–water partition coefficient (Wildman–Crippen LogP) is -2.15. The number of nitrogens with zero attached hydrogens (tertiary/aromatic N) is 1. The van der Waals surface area contributed by atoms with E-state index in [1.54, 1.807) is 24.3 Å². The SMILES string of the molecule is C[I-]ON1C(=O)c2ccccc2C1=O. The van der Waals surface area contributed by atoms with E-state index < -0.39 is 21.6 Å². The van der Waals surface area contributed by atoms with Crippen LogP contribution in [0.3, 0.4) is 0 Å². The third kappa shape index (κ3) is 1.32. The summed E-state index contributed by atoms with van der Waals surface area (Å²) in [5.74, 6) is -0.709. The average molecular weight is 304 g/mol. The van der Waals surface area contributed by atoms with Gasteiger partial charge < -0.3 is 0 Å². The summed E-state index contributed by atoms with van der Waals surface area (Å²) in [6.45, 7) is 0. The van der Waals surface area contributed by atoms with E-state index in [0.29, 0.717) is 11.1 Å². The molecule has 0 aliphatic carbocycles. The molecule has 4 nitrogen and oxygen atoms in total. The second kappa shape index (κ2) is 3.66. The Morgan fingerprint density at radius 3 is 2.07 bits per heavy atom. The van der Waals surface area contributed by atoms with Crippen molar-refractivity contribution in [3.05, 3.63) is 35.4 Å². The Hall–Kier alpha value is -0.950. The van der Waals surface area contributed by atoms with Crippen LogP contribution in [-0.2, 0) is 3.17 Å². The number of hydrogen-bond donors (Lipinski definition) is 0. The Kier molecular flexibility index (Phi) is 2.51. The molecule has 14 heavy (non-hydrogen) atoms. The van der Waals surface area contributed by atoms with Gasteiger partial charge in [-0.2, -0.15) is 0 Å². The number of amides is 2. The van der Waals surface area contributed by atoms with Gasteiger partial charge in [-0.1, -0.05) is 0 Å². The van der Waals surface area contributed by atoms with Crippen molar-refractivity contribution < 1.29 is 34.4 Å². The molecule has 1 aliphatic heterocycles. The van der Waals surface area contributed by atoms with Gasteiger partial charge in [0.2, 0.25) is 0 Å². The maximum atomic E-state index is 11.6. The number of rotatable bonds is 2. The van der Waals surface area contributed by atoms with E-state index in [9.17, 15) is 9.59 Å². The number of imide groups is 1. The molecule has 1 aliphatic rings. The fourth-order valence-corrected chi connectivity index (χ4v) is 2.05. The summed E-state index contributed by atoms with van der Waals surface area (Å²) in [4.78, 5) is 25.0. The maximum absolute atomic E-state index is 11.6. The summed E-state index contributed by atoms with van der Waals surface area (Å²) in [5, 5.41) is 0.859. The van der Waals surface area contributed by atoms with E-state index in [0.717, 1.165) is 5.06 Å². The summed E-state index contributed by atoms with van der Waals surface area (Å²) in [6, 6.07) is 6.73. The molecule has 0 atom stereocenters. The van der Waals surface area contributed by atoms with Crippen LogP contribution in [0, 0.1) is 0 Å². The number of hydroxylamine groups is 2. The molecule has 0 spiro atoms. The van der Waals surface area contributed by atoms with Gasteiger partial charge in [-0.25, -0.2) is 0 Å². The third-order valence-electron chi connectivity index (χ3n) is 1.89. The zero-order chi connectivity index (χ0) is 10.1. The van der Waals surface area contributed by atoms with Crippen LogP contribution in [0.4, 0.5) is 0 Å². The van der Waals surface area contributed by atoms with Crippen LogP contribution in [0.25, 0.3) is 0 Å². The molecule has 1 heterocycles. The molecule has 2 amide bonds. The summed E-state index contributed by atoms with van der Waals surface area (Å²) in [5.41, 5.74) is 0.852. The van der Waals surface area contributed by atoms with Crippen molar-refractivity contribution in [3.8, 4) is 0 Å². The van der Waals surface area contributed by atoms with E-state index in [1.807, 2.05) is 4.93 Å². The van der Waals surface area contributed by atoms with Crippen molar-refractivity contribution in [3.63, 3.8) is 0 Å². The molecular weight excluding hydrogens is 297 g/mol. The van der Waals surface area contributed by atoms with E-state index >= 15 is 0 Å². The van der Waals surface area contributed by atoms with Crippen molar-refractivity contribution in [2.24, 2.45) is 0 Å². The van der Waals surface area contributed by atoms with Gasteiger partial charge in [0.1, 0.15) is 0 Å². The van der Waals surface area contributed by atoms with Crippen molar-refractivity contribution in [2.45, 2.75) is 0 Å². The van der Waals surface area contributed by atoms with Crippen LogP contribution < -0.4 is 21.6 Å². The fourth-order valence-electron chi connectivity index (χ4n) is 1.30. The van der Waals surface area contributed by atoms with Crippen molar-refractivity contribution >= 4 is 11.8 Å². The molecule has 74 valence electrons. The first-order valence-electron chi connectivity index (χ1n) is 3.90. The van der Waals surface area contributed by atoms with Gasteiger partial charge in [0, 0.05) is 0 Å². The summed E-state index contributed by atoms with van der Waals surface area (Å²) >= 11 is -0.580. The zero-order valence-corrected chi connectivity index (χ0v) is 9.52. The topological polar surface area (TPSA) is 46.6 Å². The average Bonchev–Trinajstić information content (AvgIpc) is 2.45. The summed E-state index contributed by atoms with van der Waals surface area (Å²) in [7, 11) is 0. The van der Waals surface area contributed by atoms with Gasteiger partial charge in [0.15, 0.2) is 0 Å². The zero-order valence-electron chi connectivity index (χ0n) is 7.36. The Bertz CT molecular complexity index is 370. The molecule has 0 saturated heterocycles. The fraction of sp³-hybridized carbons (Fsp3) is 0.111. The second-order valence-corrected chi connectivity index (χ2v) is 3.95. The van der Waals surface area contributed by atoms with Crippen LogP contribution in [0.2, 0.25) is 0 Å². The minimum atomic E-state index is -0.580. The monoisotopic (exact) mass is 304 g/mol. The summed E-state index contributed by atoms with van der Waals surface area (Å²) < 4.78 is 5.05. The van der Waals surface area contributed by atoms with E-state index in [-0.39, 0.29) is 11.8 Å². The molecule has 0 unspecified atom stereocenters. The first kappa shape index (κ1) is 9.60. The van der Waals surface area contributed by atoms with E-state index in [2.05, 4.69) is 0 Å². The van der Waals surface area contributed by atoms with Crippen molar-refractivity contribution in [1.82, 2.24) is 5.06 Å². The molecule has 1 aromatic rings. The number of fused-ring (bicyclic) bond motifs is 1. The number of alkyl halides is 1. The van der Waals surface area contributed by atoms with Gasteiger partial charge in [0.05, 0.1) is 0 Å². The van der Waals surface area contributed by atoms with E-state index in [4.69, 9.17) is 3.17 Å². The minimum absolute atomic E-state index is 0.354. The molecule has 5 heteroatoms. The normalized spacial score (nSPS) is 15.1. The Balaban J connectivity index is 2.43. The molecular formula is C9H7INO3-. The van der Waals surface area contributed by atoms with Crippen molar-refractivity contribution in [2.75, 3.05) is 4.93 Å². The quantitative estimate of drug-likeness (QED) is 0.355. The number of hydrogen-bond acceptors (Lipinski definition) is 3. The number of halogens is 1. The second-order valence-electron chi connectivity index (χ2n) is 2.67. The standard InChI is InChI=1S/C9H7INO3/c1-10-14-11-8(12)6-4-2-3-5-7(6)9(11)13/h2-5H,1H3/q-1. The Morgan fingerprint density at radius 2 is 1.64 bits per heavy atom. The Morgan fingerprint density at radius 1 is 1.14 bits per heavy atom. The molecule has 0 N–H and O–H groups in total. The number of carbonyl (C=O) groups excluding carboxylic acids is 2. The molecule has 2 rings (SSSR count). The van der Waals surface area contributed by atoms with Gasteiger partial charge >= 0.3 is 91.6 Å². The molecule has 1 aromatic carbocycles. The van der Waals surface area contributed by atoms with Crippen LogP contribution >= 0.6 is 0 Å². The van der Waals surface area contributed by atoms with Crippen molar-refractivity contribution in [1.29, 1.82) is 0 Å². The predicted molar refractivity (Wildman–Crippen MR) is 44.0 cm³/mol. The van der Waals surface area contributed by atoms with E-state index in [1.165, 1.54) is 0 Å². The first-order chi connectivity index (χ1) is 6.75. The van der Waals surface area contributed by atoms with Crippen LogP contribution in [0.5, 0.6) is 0 Å². The van der Waals surface area contributed by atoms with Gasteiger partial charge in [-0.3, -0.25) is 0 Å². The molecule has 0 radical (unpaired) electrons. The van der Waals surface area contributed by atoms with Crippen LogP contribution in [0.1, 0.15) is 20.7 Å². The molecule has 0 saturated carbocycles. The first-order valence-corrected chi connectivity index (χ1v) is 6.94.